The number of hydrogen-bond acceptors (Lipinski definition) is 3. The molecule has 1 aromatic carbocycles. The number of anilines is 1. The van der Waals surface area contributed by atoms with Gasteiger partial charge in [0.15, 0.2) is 0 Å². The van der Waals surface area contributed by atoms with Crippen molar-refractivity contribution in [2.24, 2.45) is 0 Å². The zero-order valence-electron chi connectivity index (χ0n) is 10.9. The van der Waals surface area contributed by atoms with Gasteiger partial charge < -0.3 is 4.90 Å². The molecule has 3 nitrogen and oxygen atoms in total. The van der Waals surface area contributed by atoms with Crippen LogP contribution in [-0.2, 0) is 13.0 Å². The monoisotopic (exact) mass is 249 g/mol. The molecule has 1 aliphatic heterocycles. The zero-order valence-corrected chi connectivity index (χ0v) is 10.9. The highest BCUT2D eigenvalue weighted by Crippen LogP contribution is 2.24. The van der Waals surface area contributed by atoms with Gasteiger partial charge in [0, 0.05) is 19.3 Å². The van der Waals surface area contributed by atoms with Gasteiger partial charge in [0.25, 0.3) is 0 Å². The van der Waals surface area contributed by atoms with Crippen LogP contribution in [0.2, 0.25) is 0 Å². The molecular weight excluding hydrogens is 234 g/mol. The Balaban J connectivity index is 1.89. The number of hydrogen-bond donors (Lipinski definition) is 0. The van der Waals surface area contributed by atoms with Crippen LogP contribution in [0, 0.1) is 18.3 Å². The highest BCUT2D eigenvalue weighted by atomic mass is 15.2. The Morgan fingerprint density at radius 2 is 2.05 bits per heavy atom. The normalized spacial score (nSPS) is 13.8. The topological polar surface area (TPSA) is 39.9 Å². The van der Waals surface area contributed by atoms with Crippen LogP contribution in [0.3, 0.4) is 0 Å². The van der Waals surface area contributed by atoms with Crippen molar-refractivity contribution in [1.29, 1.82) is 5.26 Å². The molecule has 0 radical (unpaired) electrons. The number of aromatic nitrogens is 1. The van der Waals surface area contributed by atoms with Crippen LogP contribution in [0.15, 0.2) is 36.5 Å². The lowest BCUT2D eigenvalue weighted by atomic mass is 10.00. The summed E-state index contributed by atoms with van der Waals surface area (Å²) in [5.74, 6) is 0.964. The lowest BCUT2D eigenvalue weighted by Gasteiger charge is -2.30. The second kappa shape index (κ2) is 4.74. The van der Waals surface area contributed by atoms with E-state index in [0.29, 0.717) is 5.56 Å². The number of rotatable bonds is 1. The molecule has 0 amide bonds. The van der Waals surface area contributed by atoms with E-state index in [4.69, 9.17) is 5.26 Å². The van der Waals surface area contributed by atoms with Crippen molar-refractivity contribution < 1.29 is 0 Å². The third-order valence-electron chi connectivity index (χ3n) is 3.67. The van der Waals surface area contributed by atoms with E-state index < -0.39 is 0 Å². The Labute approximate surface area is 113 Å². The van der Waals surface area contributed by atoms with E-state index in [9.17, 15) is 0 Å². The molecule has 2 heterocycles. The smallest absolute Gasteiger partial charge is 0.129 e. The second-order valence-electron chi connectivity index (χ2n) is 4.91. The van der Waals surface area contributed by atoms with Crippen molar-refractivity contribution in [3.05, 3.63) is 58.8 Å². The summed E-state index contributed by atoms with van der Waals surface area (Å²) in [6.07, 6.45) is 2.72. The molecule has 19 heavy (non-hydrogen) atoms. The van der Waals surface area contributed by atoms with Crippen LogP contribution < -0.4 is 4.90 Å². The highest BCUT2D eigenvalue weighted by Gasteiger charge is 2.17. The van der Waals surface area contributed by atoms with Gasteiger partial charge in [-0.25, -0.2) is 4.98 Å². The first-order valence-electron chi connectivity index (χ1n) is 6.46. The molecule has 2 aromatic rings. The fourth-order valence-electron chi connectivity index (χ4n) is 2.52. The van der Waals surface area contributed by atoms with Crippen LogP contribution in [0.5, 0.6) is 0 Å². The van der Waals surface area contributed by atoms with E-state index in [-0.39, 0.29) is 0 Å². The van der Waals surface area contributed by atoms with Gasteiger partial charge in [0.1, 0.15) is 11.9 Å². The number of nitriles is 1. The molecule has 3 heteroatoms. The maximum atomic E-state index is 8.95. The number of nitrogens with zero attached hydrogens (tertiary/aromatic N) is 3. The van der Waals surface area contributed by atoms with E-state index >= 15 is 0 Å². The van der Waals surface area contributed by atoms with Crippen molar-refractivity contribution >= 4 is 5.82 Å². The maximum absolute atomic E-state index is 8.95. The van der Waals surface area contributed by atoms with Crippen molar-refractivity contribution in [2.45, 2.75) is 19.9 Å². The van der Waals surface area contributed by atoms with E-state index in [0.717, 1.165) is 30.9 Å². The fourth-order valence-corrected chi connectivity index (χ4v) is 2.52. The van der Waals surface area contributed by atoms with Gasteiger partial charge in [0.2, 0.25) is 0 Å². The third-order valence-corrected chi connectivity index (χ3v) is 3.67. The lowest BCUT2D eigenvalue weighted by molar-refractivity contribution is 0.720. The van der Waals surface area contributed by atoms with E-state index in [1.54, 1.807) is 6.20 Å². The van der Waals surface area contributed by atoms with E-state index in [1.807, 2.05) is 13.0 Å². The van der Waals surface area contributed by atoms with Gasteiger partial charge in [0.05, 0.1) is 5.56 Å². The van der Waals surface area contributed by atoms with Crippen molar-refractivity contribution in [1.82, 2.24) is 4.98 Å². The number of aryl methyl sites for hydroxylation is 1. The summed E-state index contributed by atoms with van der Waals surface area (Å²) in [5.41, 5.74) is 4.45. The molecule has 3 rings (SSSR count). The van der Waals surface area contributed by atoms with Crippen LogP contribution in [0.1, 0.15) is 22.3 Å². The summed E-state index contributed by atoms with van der Waals surface area (Å²) < 4.78 is 0. The molecule has 0 saturated heterocycles. The Kier molecular flexibility index (Phi) is 2.92. The summed E-state index contributed by atoms with van der Waals surface area (Å²) in [6.45, 7) is 3.84. The van der Waals surface area contributed by atoms with Crippen LogP contribution >= 0.6 is 0 Å². The van der Waals surface area contributed by atoms with Gasteiger partial charge in [-0.3, -0.25) is 0 Å². The molecule has 0 bridgehead atoms. The van der Waals surface area contributed by atoms with Gasteiger partial charge in [-0.2, -0.15) is 5.26 Å². The SMILES string of the molecule is Cc1cc(N2CCc3ccccc3C2)ncc1C#N. The number of pyridine rings is 1. The molecule has 0 aliphatic carbocycles. The predicted octanol–water partition coefficient (Wildman–Crippen LogP) is 2.82. The molecule has 0 saturated carbocycles. The van der Waals surface area contributed by atoms with E-state index in [1.165, 1.54) is 11.1 Å². The van der Waals surface area contributed by atoms with Gasteiger partial charge in [-0.05, 0) is 36.1 Å². The predicted molar refractivity (Wildman–Crippen MR) is 74.9 cm³/mol. The van der Waals surface area contributed by atoms with E-state index in [2.05, 4.69) is 40.2 Å². The molecule has 0 unspecified atom stereocenters. The first kappa shape index (κ1) is 11.7. The first-order chi connectivity index (χ1) is 9.28. The standard InChI is InChI=1S/C16H15N3/c1-12-8-16(18-10-15(12)9-17)19-7-6-13-4-2-3-5-14(13)11-19/h2-5,8,10H,6-7,11H2,1H3. The second-order valence-corrected chi connectivity index (χ2v) is 4.91. The quantitative estimate of drug-likeness (QED) is 0.780. The molecule has 0 spiro atoms. The molecular formula is C16H15N3. The summed E-state index contributed by atoms with van der Waals surface area (Å²) >= 11 is 0. The minimum absolute atomic E-state index is 0.654. The minimum Gasteiger partial charge on any atom is -0.352 e. The van der Waals surface area contributed by atoms with Crippen molar-refractivity contribution in [2.75, 3.05) is 11.4 Å². The maximum Gasteiger partial charge on any atom is 0.129 e. The molecule has 1 aromatic heterocycles. The largest absolute Gasteiger partial charge is 0.352 e. The Morgan fingerprint density at radius 1 is 1.26 bits per heavy atom. The summed E-state index contributed by atoms with van der Waals surface area (Å²) in [7, 11) is 0. The average Bonchev–Trinajstić information content (AvgIpc) is 2.46. The average molecular weight is 249 g/mol. The van der Waals surface area contributed by atoms with Crippen molar-refractivity contribution in [3.63, 3.8) is 0 Å². The summed E-state index contributed by atoms with van der Waals surface area (Å²) in [5, 5.41) is 8.95. The Hall–Kier alpha value is -2.34. The van der Waals surface area contributed by atoms with Gasteiger partial charge in [-0.15, -0.1) is 0 Å². The van der Waals surface area contributed by atoms with Crippen LogP contribution in [0.25, 0.3) is 0 Å². The third kappa shape index (κ3) is 2.17. The van der Waals surface area contributed by atoms with Crippen LogP contribution in [0.4, 0.5) is 5.82 Å². The summed E-state index contributed by atoms with van der Waals surface area (Å²) in [4.78, 5) is 6.68. The number of fused-ring (bicyclic) bond motifs is 1. The molecule has 94 valence electrons. The zero-order chi connectivity index (χ0) is 13.2. The minimum atomic E-state index is 0.654. The fraction of sp³-hybridized carbons (Fsp3) is 0.250. The van der Waals surface area contributed by atoms with Crippen molar-refractivity contribution in [3.8, 4) is 6.07 Å². The number of benzene rings is 1. The van der Waals surface area contributed by atoms with Gasteiger partial charge in [-0.1, -0.05) is 24.3 Å². The summed E-state index contributed by atoms with van der Waals surface area (Å²) in [6, 6.07) is 12.7. The van der Waals surface area contributed by atoms with Gasteiger partial charge >= 0.3 is 0 Å². The lowest BCUT2D eigenvalue weighted by Crippen LogP contribution is -2.31. The molecule has 0 N–H and O–H groups in total. The molecule has 1 aliphatic rings. The Morgan fingerprint density at radius 3 is 2.79 bits per heavy atom. The van der Waals surface area contributed by atoms with Crippen LogP contribution in [-0.4, -0.2) is 11.5 Å². The Bertz CT molecular complexity index is 655. The first-order valence-corrected chi connectivity index (χ1v) is 6.46. The molecule has 0 atom stereocenters. The highest BCUT2D eigenvalue weighted by molar-refractivity contribution is 5.49. The molecule has 0 fully saturated rings.